The second-order valence-electron chi connectivity index (χ2n) is 5.25. The summed E-state index contributed by atoms with van der Waals surface area (Å²) in [7, 11) is 2.06. The van der Waals surface area contributed by atoms with Gasteiger partial charge in [0.15, 0.2) is 0 Å². The van der Waals surface area contributed by atoms with Crippen molar-refractivity contribution in [3.8, 4) is 6.07 Å². The van der Waals surface area contributed by atoms with Crippen molar-refractivity contribution in [1.82, 2.24) is 4.90 Å². The van der Waals surface area contributed by atoms with Gasteiger partial charge in [0.25, 0.3) is 0 Å². The molecule has 2 N–H and O–H groups in total. The van der Waals surface area contributed by atoms with Crippen LogP contribution in [-0.4, -0.2) is 24.0 Å². The third-order valence-corrected chi connectivity index (χ3v) is 3.90. The van der Waals surface area contributed by atoms with Crippen molar-refractivity contribution >= 4 is 0 Å². The second-order valence-corrected chi connectivity index (χ2v) is 5.25. The molecule has 104 valence electrons. The maximum atomic E-state index is 8.88. The Kier molecular flexibility index (Phi) is 6.01. The van der Waals surface area contributed by atoms with Gasteiger partial charge in [-0.25, -0.2) is 0 Å². The van der Waals surface area contributed by atoms with E-state index < -0.39 is 0 Å². The Hall–Kier alpha value is -1.37. The first-order chi connectivity index (χ1) is 9.02. The number of rotatable bonds is 6. The van der Waals surface area contributed by atoms with Gasteiger partial charge in [-0.05, 0) is 38.4 Å². The van der Waals surface area contributed by atoms with E-state index in [4.69, 9.17) is 11.0 Å². The molecule has 0 saturated heterocycles. The molecule has 0 radical (unpaired) electrons. The van der Waals surface area contributed by atoms with Crippen molar-refractivity contribution in [1.29, 1.82) is 5.26 Å². The van der Waals surface area contributed by atoms with Crippen LogP contribution in [0.1, 0.15) is 43.9 Å². The second kappa shape index (κ2) is 7.28. The number of nitrogens with zero attached hydrogens (tertiary/aromatic N) is 2. The summed E-state index contributed by atoms with van der Waals surface area (Å²) in [5, 5.41) is 8.88. The van der Waals surface area contributed by atoms with E-state index in [0.29, 0.717) is 6.42 Å². The lowest BCUT2D eigenvalue weighted by Crippen LogP contribution is -2.43. The van der Waals surface area contributed by atoms with Crippen molar-refractivity contribution in [3.63, 3.8) is 0 Å². The van der Waals surface area contributed by atoms with Crippen LogP contribution in [0.4, 0.5) is 0 Å². The normalized spacial score (nSPS) is 15.8. The summed E-state index contributed by atoms with van der Waals surface area (Å²) in [5.41, 5.74) is 8.85. The highest BCUT2D eigenvalue weighted by Crippen LogP contribution is 2.28. The average Bonchev–Trinajstić information content (AvgIpc) is 2.41. The molecule has 3 nitrogen and oxygen atoms in total. The lowest BCUT2D eigenvalue weighted by molar-refractivity contribution is 0.159. The zero-order valence-electron chi connectivity index (χ0n) is 12.4. The Labute approximate surface area is 117 Å². The average molecular weight is 259 g/mol. The van der Waals surface area contributed by atoms with Gasteiger partial charge in [-0.1, -0.05) is 31.2 Å². The fourth-order valence-electron chi connectivity index (χ4n) is 2.44. The highest BCUT2D eigenvalue weighted by atomic mass is 15.2. The molecule has 1 rings (SSSR count). The van der Waals surface area contributed by atoms with Crippen LogP contribution < -0.4 is 5.73 Å². The van der Waals surface area contributed by atoms with E-state index in [0.717, 1.165) is 6.42 Å². The fraction of sp³-hybridized carbons (Fsp3) is 0.562. The number of likely N-dealkylation sites (N-methyl/N-ethyl adjacent to an activating group) is 1. The summed E-state index contributed by atoms with van der Waals surface area (Å²) < 4.78 is 0. The number of nitriles is 1. The molecular weight excluding hydrogens is 234 g/mol. The van der Waals surface area contributed by atoms with Crippen LogP contribution in [0.15, 0.2) is 24.3 Å². The molecule has 0 amide bonds. The van der Waals surface area contributed by atoms with Gasteiger partial charge in [-0.2, -0.15) is 5.26 Å². The largest absolute Gasteiger partial charge is 0.326 e. The quantitative estimate of drug-likeness (QED) is 0.854. The smallest absolute Gasteiger partial charge is 0.0638 e. The van der Waals surface area contributed by atoms with Crippen LogP contribution in [0.3, 0.4) is 0 Å². The lowest BCUT2D eigenvalue weighted by atomic mass is 9.92. The third-order valence-electron chi connectivity index (χ3n) is 3.90. The summed E-state index contributed by atoms with van der Waals surface area (Å²) in [6.45, 7) is 6.31. The van der Waals surface area contributed by atoms with Crippen LogP contribution in [0.25, 0.3) is 0 Å². The van der Waals surface area contributed by atoms with Crippen LogP contribution in [0, 0.1) is 18.3 Å². The zero-order chi connectivity index (χ0) is 14.4. The Morgan fingerprint density at radius 2 is 2.00 bits per heavy atom. The van der Waals surface area contributed by atoms with Crippen molar-refractivity contribution in [3.05, 3.63) is 35.4 Å². The van der Waals surface area contributed by atoms with Gasteiger partial charge in [0.1, 0.15) is 0 Å². The number of hydrogen-bond acceptors (Lipinski definition) is 3. The summed E-state index contributed by atoms with van der Waals surface area (Å²) in [6, 6.07) is 11.0. The molecule has 0 aliphatic rings. The van der Waals surface area contributed by atoms with Gasteiger partial charge in [0.05, 0.1) is 18.5 Å². The molecule has 3 atom stereocenters. The van der Waals surface area contributed by atoms with E-state index in [9.17, 15) is 0 Å². The minimum atomic E-state index is 0.0762. The lowest BCUT2D eigenvalue weighted by Gasteiger charge is -2.37. The minimum absolute atomic E-state index is 0.0762. The highest BCUT2D eigenvalue weighted by molar-refractivity contribution is 5.30. The Bertz CT molecular complexity index is 436. The van der Waals surface area contributed by atoms with Crippen molar-refractivity contribution < 1.29 is 0 Å². The van der Waals surface area contributed by atoms with Crippen molar-refractivity contribution in [2.75, 3.05) is 7.05 Å². The molecular formula is C16H25N3. The summed E-state index contributed by atoms with van der Waals surface area (Å²) >= 11 is 0. The Morgan fingerprint density at radius 3 is 2.53 bits per heavy atom. The number of nitrogens with two attached hydrogens (primary N) is 1. The van der Waals surface area contributed by atoms with Crippen LogP contribution >= 0.6 is 0 Å². The fourth-order valence-corrected chi connectivity index (χ4v) is 2.44. The monoisotopic (exact) mass is 259 g/mol. The summed E-state index contributed by atoms with van der Waals surface area (Å²) in [6.07, 6.45) is 1.44. The number of aryl methyl sites for hydroxylation is 1. The van der Waals surface area contributed by atoms with Crippen molar-refractivity contribution in [2.24, 2.45) is 5.73 Å². The molecule has 0 bridgehead atoms. The summed E-state index contributed by atoms with van der Waals surface area (Å²) in [5.74, 6) is 0. The van der Waals surface area contributed by atoms with E-state index in [2.05, 4.69) is 57.0 Å². The first kappa shape index (κ1) is 15.7. The van der Waals surface area contributed by atoms with Gasteiger partial charge in [-0.15, -0.1) is 0 Å². The van der Waals surface area contributed by atoms with Gasteiger partial charge in [-0.3, -0.25) is 4.90 Å². The minimum Gasteiger partial charge on any atom is -0.326 e. The van der Waals surface area contributed by atoms with Gasteiger partial charge < -0.3 is 5.73 Å². The molecule has 0 spiro atoms. The maximum absolute atomic E-state index is 8.88. The standard InChI is InChI=1S/C16H25N3/c1-5-15(18)16(19(4)13(3)10-11-17)14-9-7-6-8-12(14)2/h6-9,13,15-16H,5,10,18H2,1-4H3. The first-order valence-corrected chi connectivity index (χ1v) is 6.92. The number of hydrogen-bond donors (Lipinski definition) is 1. The van der Waals surface area contributed by atoms with E-state index in [1.165, 1.54) is 11.1 Å². The molecule has 0 fully saturated rings. The molecule has 0 aliphatic carbocycles. The Balaban J connectivity index is 3.09. The number of benzene rings is 1. The predicted octanol–water partition coefficient (Wildman–Crippen LogP) is 3.01. The van der Waals surface area contributed by atoms with E-state index in [1.54, 1.807) is 0 Å². The molecule has 0 heterocycles. The summed E-state index contributed by atoms with van der Waals surface area (Å²) in [4.78, 5) is 2.24. The van der Waals surface area contributed by atoms with Crippen LogP contribution in [0.2, 0.25) is 0 Å². The van der Waals surface area contributed by atoms with Gasteiger partial charge in [0.2, 0.25) is 0 Å². The molecule has 0 saturated carbocycles. The zero-order valence-corrected chi connectivity index (χ0v) is 12.4. The molecule has 0 aliphatic heterocycles. The first-order valence-electron chi connectivity index (χ1n) is 6.92. The van der Waals surface area contributed by atoms with E-state index in [-0.39, 0.29) is 18.1 Å². The molecule has 1 aromatic carbocycles. The Morgan fingerprint density at radius 1 is 1.37 bits per heavy atom. The molecule has 1 aromatic rings. The van der Waals surface area contributed by atoms with E-state index in [1.807, 2.05) is 6.07 Å². The highest BCUT2D eigenvalue weighted by Gasteiger charge is 2.27. The molecule has 0 aromatic heterocycles. The maximum Gasteiger partial charge on any atom is 0.0638 e. The predicted molar refractivity (Wildman–Crippen MR) is 79.6 cm³/mol. The third kappa shape index (κ3) is 3.79. The van der Waals surface area contributed by atoms with Crippen LogP contribution in [0.5, 0.6) is 0 Å². The topological polar surface area (TPSA) is 53.0 Å². The molecule has 19 heavy (non-hydrogen) atoms. The molecule has 3 heteroatoms. The van der Waals surface area contributed by atoms with Gasteiger partial charge in [0, 0.05) is 12.1 Å². The SMILES string of the molecule is CCC(N)C(c1ccccc1C)N(C)C(C)CC#N. The van der Waals surface area contributed by atoms with Gasteiger partial charge >= 0.3 is 0 Å². The van der Waals surface area contributed by atoms with Crippen molar-refractivity contribution in [2.45, 2.75) is 51.7 Å². The molecule has 3 unspecified atom stereocenters. The van der Waals surface area contributed by atoms with Crippen LogP contribution in [-0.2, 0) is 0 Å². The van der Waals surface area contributed by atoms with E-state index >= 15 is 0 Å².